The topological polar surface area (TPSA) is 102 Å². The lowest BCUT2D eigenvalue weighted by Gasteiger charge is -2.02. The molecule has 0 heterocycles. The minimum absolute atomic E-state index is 0.0879. The van der Waals surface area contributed by atoms with Crippen LogP contribution in [0.2, 0.25) is 0 Å². The highest BCUT2D eigenvalue weighted by Crippen LogP contribution is 2.17. The average Bonchev–Trinajstić information content (AvgIpc) is 2.18. The molecule has 7 heteroatoms. The molecule has 0 unspecified atom stereocenters. The van der Waals surface area contributed by atoms with E-state index >= 15 is 0 Å². The number of nitro groups is 1. The van der Waals surface area contributed by atoms with E-state index in [-0.39, 0.29) is 18.0 Å². The number of hydrogen-bond acceptors (Lipinski definition) is 6. The third-order valence-electron chi connectivity index (χ3n) is 1.50. The van der Waals surface area contributed by atoms with Crippen LogP contribution in [0.3, 0.4) is 0 Å². The number of rotatable bonds is 4. The molecule has 1 rings (SSSR count). The first-order chi connectivity index (χ1) is 7.13. The summed E-state index contributed by atoms with van der Waals surface area (Å²) in [6.45, 7) is -0.350. The van der Waals surface area contributed by atoms with E-state index in [9.17, 15) is 14.9 Å². The van der Waals surface area contributed by atoms with Crippen LogP contribution in [0.1, 0.15) is 0 Å². The van der Waals surface area contributed by atoms with Crippen molar-refractivity contribution in [2.45, 2.75) is 0 Å². The number of benzene rings is 1. The lowest BCUT2D eigenvalue weighted by molar-refractivity contribution is -0.384. The summed E-state index contributed by atoms with van der Waals surface area (Å²) in [5.41, 5.74) is 1.55. The average molecular weight is 212 g/mol. The number of carbonyl (C=O) groups is 1. The van der Waals surface area contributed by atoms with Crippen molar-refractivity contribution in [1.82, 2.24) is 5.48 Å². The molecule has 0 aliphatic heterocycles. The van der Waals surface area contributed by atoms with Gasteiger partial charge in [-0.3, -0.25) is 14.9 Å². The maximum atomic E-state index is 10.9. The molecule has 0 amide bonds. The fraction of sp³-hybridized carbons (Fsp3) is 0.125. The zero-order valence-electron chi connectivity index (χ0n) is 7.54. The molecule has 1 aromatic rings. The SMILES string of the molecule is O=C(CNO)Oc1ccc([N+](=O)[O-])cc1. The Bertz CT molecular complexity index is 362. The van der Waals surface area contributed by atoms with Crippen molar-refractivity contribution in [1.29, 1.82) is 0 Å². The van der Waals surface area contributed by atoms with Crippen LogP contribution in [0.25, 0.3) is 0 Å². The summed E-state index contributed by atoms with van der Waals surface area (Å²) >= 11 is 0. The molecular weight excluding hydrogens is 204 g/mol. The fourth-order valence-corrected chi connectivity index (χ4v) is 0.868. The van der Waals surface area contributed by atoms with E-state index in [0.29, 0.717) is 0 Å². The van der Waals surface area contributed by atoms with Gasteiger partial charge in [0.15, 0.2) is 0 Å². The van der Waals surface area contributed by atoms with Crippen molar-refractivity contribution >= 4 is 11.7 Å². The van der Waals surface area contributed by atoms with Gasteiger partial charge in [-0.25, -0.2) is 0 Å². The number of esters is 1. The van der Waals surface area contributed by atoms with Gasteiger partial charge in [0.1, 0.15) is 12.3 Å². The highest BCUT2D eigenvalue weighted by Gasteiger charge is 2.07. The van der Waals surface area contributed by atoms with Crippen LogP contribution in [0.4, 0.5) is 5.69 Å². The first-order valence-electron chi connectivity index (χ1n) is 3.95. The summed E-state index contributed by atoms with van der Waals surface area (Å²) in [7, 11) is 0. The Labute approximate surface area is 84.4 Å². The Balaban J connectivity index is 2.64. The Morgan fingerprint density at radius 3 is 2.53 bits per heavy atom. The standard InChI is InChI=1S/C8H8N2O5/c11-8(5-9-12)15-7-3-1-6(2-4-7)10(13)14/h1-4,9,12H,5H2. The van der Waals surface area contributed by atoms with Gasteiger partial charge in [0.2, 0.25) is 0 Å². The molecule has 15 heavy (non-hydrogen) atoms. The van der Waals surface area contributed by atoms with Gasteiger partial charge in [0, 0.05) is 12.1 Å². The number of nitrogens with one attached hydrogen (secondary N) is 1. The van der Waals surface area contributed by atoms with Gasteiger partial charge in [0.25, 0.3) is 5.69 Å². The molecule has 0 aliphatic rings. The second-order valence-corrected chi connectivity index (χ2v) is 2.56. The summed E-state index contributed by atoms with van der Waals surface area (Å²) in [5.74, 6) is -0.507. The van der Waals surface area contributed by atoms with Crippen molar-refractivity contribution in [3.8, 4) is 5.75 Å². The summed E-state index contributed by atoms with van der Waals surface area (Å²) in [5, 5.41) is 18.5. The quantitative estimate of drug-likeness (QED) is 0.325. The molecule has 0 bridgehead atoms. The van der Waals surface area contributed by atoms with Gasteiger partial charge in [-0.15, -0.1) is 0 Å². The molecule has 0 radical (unpaired) electrons. The first-order valence-corrected chi connectivity index (χ1v) is 3.95. The molecule has 0 fully saturated rings. The lowest BCUT2D eigenvalue weighted by atomic mass is 10.3. The monoisotopic (exact) mass is 212 g/mol. The molecule has 7 nitrogen and oxygen atoms in total. The Morgan fingerprint density at radius 2 is 2.07 bits per heavy atom. The highest BCUT2D eigenvalue weighted by atomic mass is 16.6. The smallest absolute Gasteiger partial charge is 0.327 e. The third-order valence-corrected chi connectivity index (χ3v) is 1.50. The van der Waals surface area contributed by atoms with Crippen molar-refractivity contribution in [2.75, 3.05) is 6.54 Å². The third kappa shape index (κ3) is 3.33. The summed E-state index contributed by atoms with van der Waals surface area (Å²) in [6, 6.07) is 5.03. The van der Waals surface area contributed by atoms with Gasteiger partial charge in [0.05, 0.1) is 4.92 Å². The lowest BCUT2D eigenvalue weighted by Crippen LogP contribution is -2.23. The zero-order chi connectivity index (χ0) is 11.3. The second-order valence-electron chi connectivity index (χ2n) is 2.56. The van der Waals surface area contributed by atoms with E-state index in [1.807, 2.05) is 0 Å². The van der Waals surface area contributed by atoms with Crippen molar-refractivity contribution in [2.24, 2.45) is 0 Å². The Morgan fingerprint density at radius 1 is 1.47 bits per heavy atom. The van der Waals surface area contributed by atoms with Crippen LogP contribution in [-0.2, 0) is 4.79 Å². The summed E-state index contributed by atoms with van der Waals surface area (Å²) < 4.78 is 4.71. The van der Waals surface area contributed by atoms with E-state index in [4.69, 9.17) is 9.94 Å². The molecule has 2 N–H and O–H groups in total. The van der Waals surface area contributed by atoms with Crippen molar-refractivity contribution < 1.29 is 19.7 Å². The van der Waals surface area contributed by atoms with Crippen molar-refractivity contribution in [3.05, 3.63) is 34.4 Å². The minimum atomic E-state index is -0.689. The number of hydrogen-bond donors (Lipinski definition) is 2. The molecule has 0 saturated carbocycles. The first kappa shape index (κ1) is 11.1. The molecule has 0 aromatic heterocycles. The predicted molar refractivity (Wildman–Crippen MR) is 48.5 cm³/mol. The van der Waals surface area contributed by atoms with Crippen LogP contribution in [0.15, 0.2) is 24.3 Å². The maximum absolute atomic E-state index is 10.9. The summed E-state index contributed by atoms with van der Waals surface area (Å²) in [6.07, 6.45) is 0. The molecule has 0 aliphatic carbocycles. The maximum Gasteiger partial charge on any atom is 0.327 e. The largest absolute Gasteiger partial charge is 0.426 e. The van der Waals surface area contributed by atoms with Gasteiger partial charge < -0.3 is 9.94 Å². The highest BCUT2D eigenvalue weighted by molar-refractivity contribution is 5.74. The van der Waals surface area contributed by atoms with Gasteiger partial charge >= 0.3 is 5.97 Å². The fourth-order valence-electron chi connectivity index (χ4n) is 0.868. The predicted octanol–water partition coefficient (Wildman–Crippen LogP) is 0.479. The van der Waals surface area contributed by atoms with E-state index in [1.54, 1.807) is 5.48 Å². The molecule has 80 valence electrons. The minimum Gasteiger partial charge on any atom is -0.426 e. The molecule has 0 spiro atoms. The van der Waals surface area contributed by atoms with Crippen molar-refractivity contribution in [3.63, 3.8) is 0 Å². The van der Waals surface area contributed by atoms with Gasteiger partial charge in [-0.1, -0.05) is 0 Å². The summed E-state index contributed by atoms with van der Waals surface area (Å²) in [4.78, 5) is 20.6. The number of nitro benzene ring substituents is 1. The van der Waals surface area contributed by atoms with E-state index < -0.39 is 10.9 Å². The number of nitrogens with zero attached hydrogens (tertiary/aromatic N) is 1. The Kier molecular flexibility index (Phi) is 3.72. The number of non-ortho nitro benzene ring substituents is 1. The number of carbonyl (C=O) groups excluding carboxylic acids is 1. The Hall–Kier alpha value is -1.99. The van der Waals surface area contributed by atoms with Crippen LogP contribution < -0.4 is 10.2 Å². The normalized spacial score (nSPS) is 9.67. The van der Waals surface area contributed by atoms with Crippen LogP contribution in [0, 0.1) is 10.1 Å². The van der Waals surface area contributed by atoms with Crippen LogP contribution >= 0.6 is 0 Å². The van der Waals surface area contributed by atoms with Crippen LogP contribution in [-0.4, -0.2) is 22.6 Å². The van der Waals surface area contributed by atoms with Crippen LogP contribution in [0.5, 0.6) is 5.75 Å². The van der Waals surface area contributed by atoms with Gasteiger partial charge in [-0.05, 0) is 12.1 Å². The molecular formula is C8H8N2O5. The molecule has 0 saturated heterocycles. The molecule has 1 aromatic carbocycles. The van der Waals surface area contributed by atoms with Gasteiger partial charge in [-0.2, -0.15) is 5.48 Å². The number of ether oxygens (including phenoxy) is 1. The van der Waals surface area contributed by atoms with E-state index in [0.717, 1.165) is 0 Å². The number of hydroxylamine groups is 1. The van der Waals surface area contributed by atoms with E-state index in [1.165, 1.54) is 24.3 Å². The zero-order valence-corrected chi connectivity index (χ0v) is 7.54. The second kappa shape index (κ2) is 5.03. The van der Waals surface area contributed by atoms with E-state index in [2.05, 4.69) is 0 Å². The molecule has 0 atom stereocenters.